The summed E-state index contributed by atoms with van der Waals surface area (Å²) in [6.07, 6.45) is 9.45. The van der Waals surface area contributed by atoms with Crippen LogP contribution in [-0.4, -0.2) is 18.1 Å². The molecule has 3 nitrogen and oxygen atoms in total. The Morgan fingerprint density at radius 2 is 2.28 bits per heavy atom. The summed E-state index contributed by atoms with van der Waals surface area (Å²) >= 11 is 0. The highest BCUT2D eigenvalue weighted by Gasteiger charge is 2.28. The van der Waals surface area contributed by atoms with Gasteiger partial charge in [0.05, 0.1) is 5.56 Å². The van der Waals surface area contributed by atoms with Gasteiger partial charge >= 0.3 is 0 Å². The second-order valence-electron chi connectivity index (χ2n) is 5.26. The number of hydrogen-bond acceptors (Lipinski definition) is 3. The molecule has 1 aromatic heterocycles. The number of allylic oxidation sites excluding steroid dienone is 2. The SMILES string of the molecule is N#Cc1cncc(C2=CC[C@H]3CCNC[C@H]3C2)c1. The Kier molecular flexibility index (Phi) is 3.12. The average Bonchev–Trinajstić information content (AvgIpc) is 2.47. The van der Waals surface area contributed by atoms with E-state index in [4.69, 9.17) is 5.26 Å². The molecule has 1 fully saturated rings. The molecule has 1 N–H and O–H groups in total. The molecule has 3 rings (SSSR count). The summed E-state index contributed by atoms with van der Waals surface area (Å²) in [6.45, 7) is 2.29. The molecule has 18 heavy (non-hydrogen) atoms. The highest BCUT2D eigenvalue weighted by Crippen LogP contribution is 2.37. The van der Waals surface area contributed by atoms with Gasteiger partial charge < -0.3 is 5.32 Å². The van der Waals surface area contributed by atoms with Crippen molar-refractivity contribution in [2.75, 3.05) is 13.1 Å². The number of fused-ring (bicyclic) bond motifs is 1. The maximum absolute atomic E-state index is 8.93. The summed E-state index contributed by atoms with van der Waals surface area (Å²) in [4.78, 5) is 4.16. The molecular weight excluding hydrogens is 222 g/mol. The van der Waals surface area contributed by atoms with Crippen LogP contribution in [0.2, 0.25) is 0 Å². The normalized spacial score (nSPS) is 26.9. The first kappa shape index (κ1) is 11.4. The second-order valence-corrected chi connectivity index (χ2v) is 5.26. The number of rotatable bonds is 1. The molecule has 2 atom stereocenters. The van der Waals surface area contributed by atoms with Crippen molar-refractivity contribution in [3.63, 3.8) is 0 Å². The first-order valence-electron chi connectivity index (χ1n) is 6.62. The van der Waals surface area contributed by atoms with Crippen molar-refractivity contribution < 1.29 is 0 Å². The van der Waals surface area contributed by atoms with Crippen molar-refractivity contribution in [2.45, 2.75) is 19.3 Å². The first-order chi connectivity index (χ1) is 8.86. The Labute approximate surface area is 108 Å². The van der Waals surface area contributed by atoms with Gasteiger partial charge in [0.15, 0.2) is 0 Å². The molecule has 0 amide bonds. The maximum Gasteiger partial charge on any atom is 0.101 e. The molecule has 0 bridgehead atoms. The van der Waals surface area contributed by atoms with E-state index in [2.05, 4.69) is 22.4 Å². The monoisotopic (exact) mass is 239 g/mol. The predicted molar refractivity (Wildman–Crippen MR) is 70.6 cm³/mol. The van der Waals surface area contributed by atoms with Crippen molar-refractivity contribution in [3.8, 4) is 6.07 Å². The van der Waals surface area contributed by atoms with Crippen molar-refractivity contribution >= 4 is 5.57 Å². The van der Waals surface area contributed by atoms with Crippen LogP contribution in [0.25, 0.3) is 5.57 Å². The zero-order chi connectivity index (χ0) is 12.4. The fraction of sp³-hybridized carbons (Fsp3) is 0.467. The van der Waals surface area contributed by atoms with Gasteiger partial charge in [0.25, 0.3) is 0 Å². The molecule has 0 radical (unpaired) electrons. The van der Waals surface area contributed by atoms with Crippen LogP contribution in [0.5, 0.6) is 0 Å². The Hall–Kier alpha value is -1.66. The molecule has 2 heterocycles. The lowest BCUT2D eigenvalue weighted by atomic mass is 9.75. The lowest BCUT2D eigenvalue weighted by Gasteiger charge is -2.35. The molecule has 1 aliphatic heterocycles. The molecule has 3 heteroatoms. The molecule has 0 spiro atoms. The molecule has 0 unspecified atom stereocenters. The van der Waals surface area contributed by atoms with Crippen molar-refractivity contribution in [3.05, 3.63) is 35.7 Å². The van der Waals surface area contributed by atoms with Crippen molar-refractivity contribution in [1.82, 2.24) is 10.3 Å². The topological polar surface area (TPSA) is 48.7 Å². The minimum Gasteiger partial charge on any atom is -0.316 e. The van der Waals surface area contributed by atoms with E-state index in [1.165, 1.54) is 18.4 Å². The van der Waals surface area contributed by atoms with Gasteiger partial charge in [0.2, 0.25) is 0 Å². The minimum atomic E-state index is 0.650. The summed E-state index contributed by atoms with van der Waals surface area (Å²) in [5.41, 5.74) is 3.14. The van der Waals surface area contributed by atoms with E-state index in [9.17, 15) is 0 Å². The molecule has 2 aliphatic rings. The smallest absolute Gasteiger partial charge is 0.101 e. The lowest BCUT2D eigenvalue weighted by Crippen LogP contribution is -2.37. The molecule has 1 aliphatic carbocycles. The summed E-state index contributed by atoms with van der Waals surface area (Å²) < 4.78 is 0. The van der Waals surface area contributed by atoms with E-state index >= 15 is 0 Å². The minimum absolute atomic E-state index is 0.650. The van der Waals surface area contributed by atoms with Gasteiger partial charge in [-0.25, -0.2) is 0 Å². The van der Waals surface area contributed by atoms with Crippen LogP contribution in [0.4, 0.5) is 0 Å². The van der Waals surface area contributed by atoms with Crippen LogP contribution >= 0.6 is 0 Å². The van der Waals surface area contributed by atoms with E-state index in [-0.39, 0.29) is 0 Å². The van der Waals surface area contributed by atoms with Gasteiger partial charge in [-0.1, -0.05) is 6.08 Å². The van der Waals surface area contributed by atoms with Crippen LogP contribution in [-0.2, 0) is 0 Å². The second kappa shape index (κ2) is 4.91. The number of nitrogens with one attached hydrogen (secondary N) is 1. The van der Waals surface area contributed by atoms with E-state index in [1.807, 2.05) is 12.3 Å². The van der Waals surface area contributed by atoms with Gasteiger partial charge in [-0.3, -0.25) is 4.98 Å². The Morgan fingerprint density at radius 1 is 1.33 bits per heavy atom. The first-order valence-corrected chi connectivity index (χ1v) is 6.62. The van der Waals surface area contributed by atoms with Crippen LogP contribution in [0.3, 0.4) is 0 Å². The number of nitriles is 1. The van der Waals surface area contributed by atoms with Crippen molar-refractivity contribution in [2.24, 2.45) is 11.8 Å². The standard InChI is InChI=1S/C15H17N3/c16-7-11-5-14(10-18-8-11)13-2-1-12-3-4-17-9-15(12)6-13/h2,5,8,10,12,15,17H,1,3-4,6,9H2/t12-,15+/m0/s1. The maximum atomic E-state index is 8.93. The highest BCUT2D eigenvalue weighted by molar-refractivity contribution is 5.67. The van der Waals surface area contributed by atoms with Gasteiger partial charge in [0, 0.05) is 12.4 Å². The summed E-state index contributed by atoms with van der Waals surface area (Å²) in [5.74, 6) is 1.60. The molecular formula is C15H17N3. The van der Waals surface area contributed by atoms with E-state index in [0.717, 1.165) is 36.9 Å². The lowest BCUT2D eigenvalue weighted by molar-refractivity contribution is 0.252. The zero-order valence-electron chi connectivity index (χ0n) is 10.4. The van der Waals surface area contributed by atoms with Gasteiger partial charge in [-0.2, -0.15) is 5.26 Å². The van der Waals surface area contributed by atoms with Crippen LogP contribution < -0.4 is 5.32 Å². The van der Waals surface area contributed by atoms with Gasteiger partial charge in [-0.15, -0.1) is 0 Å². The predicted octanol–water partition coefficient (Wildman–Crippen LogP) is 2.36. The molecule has 1 aromatic rings. The number of nitrogens with zero attached hydrogens (tertiary/aromatic N) is 2. The number of pyridine rings is 1. The third-order valence-electron chi connectivity index (χ3n) is 4.15. The quantitative estimate of drug-likeness (QED) is 0.818. The zero-order valence-corrected chi connectivity index (χ0v) is 10.4. The van der Waals surface area contributed by atoms with E-state index in [0.29, 0.717) is 5.56 Å². The van der Waals surface area contributed by atoms with E-state index < -0.39 is 0 Å². The number of hydrogen-bond donors (Lipinski definition) is 1. The summed E-state index contributed by atoms with van der Waals surface area (Å²) in [5, 5.41) is 12.4. The van der Waals surface area contributed by atoms with Crippen LogP contribution in [0, 0.1) is 23.2 Å². The third kappa shape index (κ3) is 2.16. The van der Waals surface area contributed by atoms with Crippen LogP contribution in [0.15, 0.2) is 24.5 Å². The van der Waals surface area contributed by atoms with Crippen molar-refractivity contribution in [1.29, 1.82) is 5.26 Å². The third-order valence-corrected chi connectivity index (χ3v) is 4.15. The van der Waals surface area contributed by atoms with E-state index in [1.54, 1.807) is 6.20 Å². The fourth-order valence-corrected chi connectivity index (χ4v) is 3.10. The molecule has 92 valence electrons. The molecule has 0 aromatic carbocycles. The van der Waals surface area contributed by atoms with Gasteiger partial charge in [-0.05, 0) is 61.4 Å². The summed E-state index contributed by atoms with van der Waals surface area (Å²) in [7, 11) is 0. The Morgan fingerprint density at radius 3 is 3.17 bits per heavy atom. The van der Waals surface area contributed by atoms with Gasteiger partial charge in [0.1, 0.15) is 6.07 Å². The Balaban J connectivity index is 1.84. The largest absolute Gasteiger partial charge is 0.316 e. The highest BCUT2D eigenvalue weighted by atomic mass is 14.9. The molecule has 1 saturated heterocycles. The number of piperidine rings is 1. The van der Waals surface area contributed by atoms with Crippen LogP contribution in [0.1, 0.15) is 30.4 Å². The fourth-order valence-electron chi connectivity index (χ4n) is 3.10. The summed E-state index contributed by atoms with van der Waals surface area (Å²) in [6, 6.07) is 4.11. The Bertz CT molecular complexity index is 513. The average molecular weight is 239 g/mol. The number of aromatic nitrogens is 1. The molecule has 0 saturated carbocycles.